The summed E-state index contributed by atoms with van der Waals surface area (Å²) in [5.74, 6) is -1.66. The summed E-state index contributed by atoms with van der Waals surface area (Å²) in [5, 5.41) is 8.21. The Balaban J connectivity index is 2.27. The lowest BCUT2D eigenvalue weighted by molar-refractivity contribution is -0.137. The van der Waals surface area contributed by atoms with Crippen LogP contribution in [0.2, 0.25) is 0 Å². The molecule has 3 atom stereocenters. The van der Waals surface area contributed by atoms with Crippen LogP contribution in [0.15, 0.2) is 66.7 Å². The predicted octanol–water partition coefficient (Wildman–Crippen LogP) is 3.32. The molecule has 0 aliphatic carbocycles. The zero-order chi connectivity index (χ0) is 33.9. The number of nitrogens with two attached hydrogens (primary N) is 1. The average molecular weight is 639 g/mol. The van der Waals surface area contributed by atoms with Crippen LogP contribution in [0.25, 0.3) is 0 Å². The van der Waals surface area contributed by atoms with Gasteiger partial charge in [0.15, 0.2) is 0 Å². The zero-order valence-electron chi connectivity index (χ0n) is 27.0. The summed E-state index contributed by atoms with van der Waals surface area (Å²) in [6, 6.07) is 13.4. The molecule has 12 heteroatoms. The van der Waals surface area contributed by atoms with Crippen molar-refractivity contribution < 1.29 is 38.2 Å². The van der Waals surface area contributed by atoms with E-state index in [1.54, 1.807) is 31.2 Å². The van der Waals surface area contributed by atoms with Gasteiger partial charge in [-0.25, -0.2) is 9.59 Å². The van der Waals surface area contributed by atoms with Gasteiger partial charge in [0.2, 0.25) is 17.7 Å². The van der Waals surface area contributed by atoms with E-state index in [2.05, 4.69) is 16.0 Å². The third-order valence-corrected chi connectivity index (χ3v) is 6.62. The fraction of sp³-hybridized carbons (Fsp3) is 0.441. The van der Waals surface area contributed by atoms with Crippen LogP contribution in [-0.4, -0.2) is 61.1 Å². The lowest BCUT2D eigenvalue weighted by atomic mass is 10.0. The van der Waals surface area contributed by atoms with Crippen LogP contribution in [0, 0.1) is 5.92 Å². The average Bonchev–Trinajstić information content (AvgIpc) is 3.02. The molecule has 0 saturated heterocycles. The molecule has 2 rings (SSSR count). The second kappa shape index (κ2) is 20.2. The largest absolute Gasteiger partial charge is 0.494 e. The number of hydrogen-bond acceptors (Lipinski definition) is 8. The molecule has 0 heterocycles. The van der Waals surface area contributed by atoms with Crippen molar-refractivity contribution in [3.05, 3.63) is 77.9 Å². The highest BCUT2D eigenvalue weighted by atomic mass is 16.5. The lowest BCUT2D eigenvalue weighted by Crippen LogP contribution is -2.55. The van der Waals surface area contributed by atoms with Gasteiger partial charge in [-0.1, -0.05) is 62.4 Å². The highest BCUT2D eigenvalue weighted by molar-refractivity contribution is 5.92. The number of primary amides is 1. The molecule has 0 bridgehead atoms. The van der Waals surface area contributed by atoms with Gasteiger partial charge >= 0.3 is 12.1 Å². The minimum Gasteiger partial charge on any atom is -0.494 e. The zero-order valence-corrected chi connectivity index (χ0v) is 27.0. The molecule has 250 valence electrons. The number of rotatable bonds is 19. The molecule has 46 heavy (non-hydrogen) atoms. The van der Waals surface area contributed by atoms with Crippen LogP contribution >= 0.6 is 0 Å². The van der Waals surface area contributed by atoms with Gasteiger partial charge in [0.1, 0.15) is 24.4 Å². The van der Waals surface area contributed by atoms with Gasteiger partial charge in [-0.15, -0.1) is 0 Å². The summed E-state index contributed by atoms with van der Waals surface area (Å²) in [7, 11) is 0. The van der Waals surface area contributed by atoms with Crippen LogP contribution in [0.1, 0.15) is 58.1 Å². The van der Waals surface area contributed by atoms with Crippen molar-refractivity contribution >= 4 is 29.8 Å². The maximum absolute atomic E-state index is 13.7. The summed E-state index contributed by atoms with van der Waals surface area (Å²) in [6.45, 7) is 8.02. The molecule has 2 aromatic rings. The molecule has 0 unspecified atom stereocenters. The van der Waals surface area contributed by atoms with Crippen LogP contribution < -0.4 is 26.4 Å². The van der Waals surface area contributed by atoms with E-state index in [9.17, 15) is 24.0 Å². The van der Waals surface area contributed by atoms with E-state index in [1.165, 1.54) is 12.2 Å². The molecule has 0 saturated carbocycles. The molecule has 0 aliphatic heterocycles. The topological polar surface area (TPSA) is 175 Å². The first kappa shape index (κ1) is 37.3. The number of esters is 1. The number of carbonyl (C=O) groups is 5. The Kier molecular flexibility index (Phi) is 16.4. The van der Waals surface area contributed by atoms with Crippen molar-refractivity contribution in [3.63, 3.8) is 0 Å². The van der Waals surface area contributed by atoms with Crippen molar-refractivity contribution in [1.29, 1.82) is 0 Å². The summed E-state index contributed by atoms with van der Waals surface area (Å²) in [6.07, 6.45) is 2.26. The molecule has 4 amide bonds. The van der Waals surface area contributed by atoms with E-state index in [4.69, 9.17) is 19.9 Å². The standard InChI is InChI=1S/C34H46N4O8/c1-5-44-27-16-12-24(13-17-27)21-29(32(41)36-26(14-18-30(35)39)15-19-31(40)45-6-2)37-33(42)28(20-23(3)4)38-34(43)46-22-25-10-8-7-9-11-25/h7-13,15-17,19,23,26,28-29H,5-6,14,18,20-22H2,1-4H3,(H2,35,39)(H,36,41)(H,37,42)(H,38,43)/b19-15+/t26-,28-,29-/m0/s1. The Labute approximate surface area is 270 Å². The van der Waals surface area contributed by atoms with Crippen molar-refractivity contribution in [2.45, 2.75) is 78.1 Å². The minimum atomic E-state index is -1.09. The van der Waals surface area contributed by atoms with Crippen molar-refractivity contribution in [2.75, 3.05) is 13.2 Å². The van der Waals surface area contributed by atoms with Gasteiger partial charge in [-0.3, -0.25) is 14.4 Å². The first-order valence-corrected chi connectivity index (χ1v) is 15.4. The predicted molar refractivity (Wildman–Crippen MR) is 172 cm³/mol. The number of nitrogens with one attached hydrogen (secondary N) is 3. The Morgan fingerprint density at radius 3 is 2.09 bits per heavy atom. The first-order valence-electron chi connectivity index (χ1n) is 15.4. The van der Waals surface area contributed by atoms with E-state index in [1.807, 2.05) is 51.1 Å². The summed E-state index contributed by atoms with van der Waals surface area (Å²) in [5.41, 5.74) is 6.85. The molecular weight excluding hydrogens is 592 g/mol. The van der Waals surface area contributed by atoms with Gasteiger partial charge in [0.25, 0.3) is 0 Å². The summed E-state index contributed by atoms with van der Waals surface area (Å²) < 4.78 is 15.8. The first-order chi connectivity index (χ1) is 22.0. The van der Waals surface area contributed by atoms with Gasteiger partial charge in [-0.05, 0) is 55.9 Å². The number of hydrogen-bond donors (Lipinski definition) is 4. The van der Waals surface area contributed by atoms with E-state index >= 15 is 0 Å². The third kappa shape index (κ3) is 14.7. The second-order valence-corrected chi connectivity index (χ2v) is 11.0. The normalized spacial score (nSPS) is 12.9. The quantitative estimate of drug-likeness (QED) is 0.134. The molecule has 5 N–H and O–H groups in total. The molecule has 0 fully saturated rings. The lowest BCUT2D eigenvalue weighted by Gasteiger charge is -2.25. The highest BCUT2D eigenvalue weighted by Gasteiger charge is 2.29. The molecule has 0 radical (unpaired) electrons. The molecule has 2 aromatic carbocycles. The fourth-order valence-electron chi connectivity index (χ4n) is 4.40. The van der Waals surface area contributed by atoms with Crippen LogP contribution in [-0.2, 0) is 41.7 Å². The number of alkyl carbamates (subject to hydrolysis) is 1. The minimum absolute atomic E-state index is 0.0229. The van der Waals surface area contributed by atoms with Crippen molar-refractivity contribution in [2.24, 2.45) is 11.7 Å². The third-order valence-electron chi connectivity index (χ3n) is 6.62. The fourth-order valence-corrected chi connectivity index (χ4v) is 4.40. The van der Waals surface area contributed by atoms with Crippen molar-refractivity contribution in [3.8, 4) is 5.75 Å². The van der Waals surface area contributed by atoms with E-state index in [-0.39, 0.29) is 44.8 Å². The monoisotopic (exact) mass is 638 g/mol. The number of ether oxygens (including phenoxy) is 3. The molecule has 0 aromatic heterocycles. The Hall–Kier alpha value is -4.87. The molecule has 0 aliphatic rings. The molecule has 12 nitrogen and oxygen atoms in total. The van der Waals surface area contributed by atoms with Crippen LogP contribution in [0.4, 0.5) is 4.79 Å². The van der Waals surface area contributed by atoms with E-state index in [0.29, 0.717) is 12.4 Å². The van der Waals surface area contributed by atoms with Crippen LogP contribution in [0.5, 0.6) is 5.75 Å². The SMILES string of the molecule is CCOC(=O)/C=C/[C@H](CCC(N)=O)NC(=O)[C@H](Cc1ccc(OCC)cc1)NC(=O)[C@H](CC(C)C)NC(=O)OCc1ccccc1. The number of carbonyl (C=O) groups excluding carboxylic acids is 5. The van der Waals surface area contributed by atoms with Crippen molar-refractivity contribution in [1.82, 2.24) is 16.0 Å². The highest BCUT2D eigenvalue weighted by Crippen LogP contribution is 2.15. The Morgan fingerprint density at radius 2 is 1.48 bits per heavy atom. The maximum atomic E-state index is 13.7. The number of benzene rings is 2. The van der Waals surface area contributed by atoms with E-state index in [0.717, 1.165) is 11.1 Å². The van der Waals surface area contributed by atoms with Gasteiger partial charge in [0.05, 0.1) is 13.2 Å². The van der Waals surface area contributed by atoms with Gasteiger partial charge in [0, 0.05) is 25.0 Å². The van der Waals surface area contributed by atoms with E-state index < -0.39 is 47.9 Å². The molecular formula is C34H46N4O8. The smallest absolute Gasteiger partial charge is 0.408 e. The Bertz CT molecular complexity index is 1300. The summed E-state index contributed by atoms with van der Waals surface area (Å²) >= 11 is 0. The maximum Gasteiger partial charge on any atom is 0.408 e. The number of amides is 4. The molecule has 0 spiro atoms. The Morgan fingerprint density at radius 1 is 0.804 bits per heavy atom. The van der Waals surface area contributed by atoms with Gasteiger partial charge in [-0.2, -0.15) is 0 Å². The summed E-state index contributed by atoms with van der Waals surface area (Å²) in [4.78, 5) is 63.3. The van der Waals surface area contributed by atoms with Crippen LogP contribution in [0.3, 0.4) is 0 Å². The van der Waals surface area contributed by atoms with Gasteiger partial charge < -0.3 is 35.9 Å². The second-order valence-electron chi connectivity index (χ2n) is 11.0.